The average Bonchev–Trinajstić information content (AvgIpc) is 2.72. The van der Waals surface area contributed by atoms with Crippen molar-refractivity contribution < 1.29 is 17.9 Å². The lowest BCUT2D eigenvalue weighted by atomic mass is 9.98. The standard InChI is InChI=1S/C20H24N2O4S/c23-20(26-16-4-5-17-8-12-21-13-9-17)18-10-14-22(15-11-18)27(24,25)19-6-2-1-3-7-19/h1-3,6-9,12-13,18H,4-5,10-11,14-16H2. The number of esters is 1. The number of carbonyl (C=O) groups is 1. The smallest absolute Gasteiger partial charge is 0.309 e. The number of hydrogen-bond acceptors (Lipinski definition) is 5. The number of pyridine rings is 1. The van der Waals surface area contributed by atoms with E-state index < -0.39 is 10.0 Å². The summed E-state index contributed by atoms with van der Waals surface area (Å²) in [4.78, 5) is 16.5. The highest BCUT2D eigenvalue weighted by molar-refractivity contribution is 7.89. The van der Waals surface area contributed by atoms with Crippen LogP contribution >= 0.6 is 0 Å². The quantitative estimate of drug-likeness (QED) is 0.538. The zero-order valence-electron chi connectivity index (χ0n) is 15.2. The summed E-state index contributed by atoms with van der Waals surface area (Å²) >= 11 is 0. The number of benzene rings is 1. The molecule has 1 aliphatic heterocycles. The van der Waals surface area contributed by atoms with Crippen LogP contribution in [-0.4, -0.2) is 43.4 Å². The maximum absolute atomic E-state index is 12.6. The van der Waals surface area contributed by atoms with Gasteiger partial charge in [0.15, 0.2) is 0 Å². The molecule has 0 N–H and O–H groups in total. The molecule has 3 rings (SSSR count). The van der Waals surface area contributed by atoms with Gasteiger partial charge in [0, 0.05) is 25.5 Å². The van der Waals surface area contributed by atoms with Crippen LogP contribution in [0.25, 0.3) is 0 Å². The second-order valence-electron chi connectivity index (χ2n) is 6.62. The van der Waals surface area contributed by atoms with Crippen LogP contribution in [0.3, 0.4) is 0 Å². The lowest BCUT2D eigenvalue weighted by Crippen LogP contribution is -2.40. The van der Waals surface area contributed by atoms with Crippen molar-refractivity contribution in [1.29, 1.82) is 0 Å². The summed E-state index contributed by atoms with van der Waals surface area (Å²) in [6, 6.07) is 12.3. The van der Waals surface area contributed by atoms with Crippen molar-refractivity contribution in [3.63, 3.8) is 0 Å². The SMILES string of the molecule is O=C(OCCCc1ccncc1)C1CCN(S(=O)(=O)c2ccccc2)CC1. The second kappa shape index (κ2) is 9.10. The van der Waals surface area contributed by atoms with Crippen LogP contribution in [0.4, 0.5) is 0 Å². The van der Waals surface area contributed by atoms with Gasteiger partial charge >= 0.3 is 5.97 Å². The zero-order valence-corrected chi connectivity index (χ0v) is 16.0. The number of rotatable bonds is 7. The molecular weight excluding hydrogens is 364 g/mol. The van der Waals surface area contributed by atoms with Crippen LogP contribution in [0.5, 0.6) is 0 Å². The normalized spacial score (nSPS) is 16.1. The van der Waals surface area contributed by atoms with Gasteiger partial charge in [0.1, 0.15) is 0 Å². The molecule has 0 unspecified atom stereocenters. The van der Waals surface area contributed by atoms with Crippen LogP contribution in [0.1, 0.15) is 24.8 Å². The Morgan fingerprint density at radius 3 is 2.41 bits per heavy atom. The highest BCUT2D eigenvalue weighted by Crippen LogP contribution is 2.24. The first-order valence-corrected chi connectivity index (χ1v) is 10.6. The molecule has 2 heterocycles. The first-order valence-electron chi connectivity index (χ1n) is 9.18. The second-order valence-corrected chi connectivity index (χ2v) is 8.56. The minimum Gasteiger partial charge on any atom is -0.465 e. The fourth-order valence-electron chi connectivity index (χ4n) is 3.19. The first-order chi connectivity index (χ1) is 13.1. The van der Waals surface area contributed by atoms with Gasteiger partial charge in [0.05, 0.1) is 17.4 Å². The minimum atomic E-state index is -3.49. The number of piperidine rings is 1. The van der Waals surface area contributed by atoms with Gasteiger partial charge in [-0.15, -0.1) is 0 Å². The summed E-state index contributed by atoms with van der Waals surface area (Å²) in [5.41, 5.74) is 1.17. The van der Waals surface area contributed by atoms with Gasteiger partial charge in [-0.1, -0.05) is 18.2 Å². The van der Waals surface area contributed by atoms with E-state index in [4.69, 9.17) is 4.74 Å². The Labute approximate surface area is 160 Å². The number of sulfonamides is 1. The molecule has 0 aliphatic carbocycles. The van der Waals surface area contributed by atoms with Crippen molar-refractivity contribution in [2.75, 3.05) is 19.7 Å². The molecule has 0 radical (unpaired) electrons. The molecule has 1 saturated heterocycles. The van der Waals surface area contributed by atoms with E-state index >= 15 is 0 Å². The van der Waals surface area contributed by atoms with Gasteiger partial charge in [-0.2, -0.15) is 4.31 Å². The number of ether oxygens (including phenoxy) is 1. The summed E-state index contributed by atoms with van der Waals surface area (Å²) in [5.74, 6) is -0.449. The fourth-order valence-corrected chi connectivity index (χ4v) is 4.68. The molecule has 1 aromatic heterocycles. The van der Waals surface area contributed by atoms with Crippen LogP contribution in [-0.2, 0) is 26.0 Å². The van der Waals surface area contributed by atoms with E-state index in [1.165, 1.54) is 9.87 Å². The highest BCUT2D eigenvalue weighted by Gasteiger charge is 2.32. The predicted octanol–water partition coefficient (Wildman–Crippen LogP) is 2.66. The zero-order chi connectivity index (χ0) is 19.1. The van der Waals surface area contributed by atoms with Crippen LogP contribution in [0, 0.1) is 5.92 Å². The third-order valence-corrected chi connectivity index (χ3v) is 6.68. The largest absolute Gasteiger partial charge is 0.465 e. The molecule has 0 amide bonds. The number of aromatic nitrogens is 1. The van der Waals surface area contributed by atoms with Gasteiger partial charge in [-0.25, -0.2) is 8.42 Å². The van der Waals surface area contributed by atoms with Crippen molar-refractivity contribution >= 4 is 16.0 Å². The maximum Gasteiger partial charge on any atom is 0.309 e. The Hall–Kier alpha value is -2.25. The molecule has 0 atom stereocenters. The van der Waals surface area contributed by atoms with Gasteiger partial charge in [-0.05, 0) is 55.5 Å². The Morgan fingerprint density at radius 2 is 1.74 bits per heavy atom. The minimum absolute atomic E-state index is 0.221. The van der Waals surface area contributed by atoms with Gasteiger partial charge < -0.3 is 4.74 Å². The molecule has 27 heavy (non-hydrogen) atoms. The lowest BCUT2D eigenvalue weighted by Gasteiger charge is -2.30. The molecule has 0 bridgehead atoms. The number of hydrogen-bond donors (Lipinski definition) is 0. The van der Waals surface area contributed by atoms with Crippen molar-refractivity contribution in [1.82, 2.24) is 9.29 Å². The number of nitrogens with zero attached hydrogens (tertiary/aromatic N) is 2. The van der Waals surface area contributed by atoms with E-state index in [-0.39, 0.29) is 11.9 Å². The molecule has 7 heteroatoms. The van der Waals surface area contributed by atoms with E-state index in [0.717, 1.165) is 12.8 Å². The molecule has 2 aromatic rings. The van der Waals surface area contributed by atoms with Crippen LogP contribution in [0.2, 0.25) is 0 Å². The summed E-state index contributed by atoms with van der Waals surface area (Å²) in [6.45, 7) is 1.06. The first kappa shape index (κ1) is 19.5. The summed E-state index contributed by atoms with van der Waals surface area (Å²) in [7, 11) is -3.49. The maximum atomic E-state index is 12.6. The third kappa shape index (κ3) is 5.14. The summed E-state index contributed by atoms with van der Waals surface area (Å²) in [6.07, 6.45) is 6.09. The van der Waals surface area contributed by atoms with Gasteiger partial charge in [0.2, 0.25) is 10.0 Å². The topological polar surface area (TPSA) is 76.6 Å². The van der Waals surface area contributed by atoms with Crippen molar-refractivity contribution in [3.05, 3.63) is 60.4 Å². The van der Waals surface area contributed by atoms with Crippen molar-refractivity contribution in [2.45, 2.75) is 30.6 Å². The van der Waals surface area contributed by atoms with Crippen LogP contribution < -0.4 is 0 Å². The highest BCUT2D eigenvalue weighted by atomic mass is 32.2. The van der Waals surface area contributed by atoms with Gasteiger partial charge in [0.25, 0.3) is 0 Å². The molecule has 1 aliphatic rings. The predicted molar refractivity (Wildman–Crippen MR) is 101 cm³/mol. The van der Waals surface area contributed by atoms with Gasteiger partial charge in [-0.3, -0.25) is 9.78 Å². The Morgan fingerprint density at radius 1 is 1.07 bits per heavy atom. The molecule has 1 aromatic carbocycles. The molecule has 6 nitrogen and oxygen atoms in total. The van der Waals surface area contributed by atoms with E-state index in [2.05, 4.69) is 4.98 Å². The van der Waals surface area contributed by atoms with Crippen molar-refractivity contribution in [3.8, 4) is 0 Å². The van der Waals surface area contributed by atoms with Crippen LogP contribution in [0.15, 0.2) is 59.8 Å². The third-order valence-electron chi connectivity index (χ3n) is 4.77. The molecule has 0 spiro atoms. The fraction of sp³-hybridized carbons (Fsp3) is 0.400. The number of aryl methyl sites for hydroxylation is 1. The monoisotopic (exact) mass is 388 g/mol. The Balaban J connectivity index is 1.43. The van der Waals surface area contributed by atoms with E-state index in [1.54, 1.807) is 42.7 Å². The van der Waals surface area contributed by atoms with Crippen molar-refractivity contribution in [2.24, 2.45) is 5.92 Å². The summed E-state index contributed by atoms with van der Waals surface area (Å²) < 4.78 is 32.1. The molecule has 1 fully saturated rings. The van der Waals surface area contributed by atoms with E-state index in [0.29, 0.717) is 37.4 Å². The van der Waals surface area contributed by atoms with E-state index in [1.807, 2.05) is 12.1 Å². The molecule has 0 saturated carbocycles. The molecule has 144 valence electrons. The average molecular weight is 388 g/mol. The number of carbonyl (C=O) groups excluding carboxylic acids is 1. The molecular formula is C20H24N2O4S. The summed E-state index contributed by atoms with van der Waals surface area (Å²) in [5, 5.41) is 0. The lowest BCUT2D eigenvalue weighted by molar-refractivity contribution is -0.149. The Kier molecular flexibility index (Phi) is 6.58. The Bertz CT molecular complexity index is 833. The van der Waals surface area contributed by atoms with E-state index in [9.17, 15) is 13.2 Å².